The van der Waals surface area contributed by atoms with Gasteiger partial charge < -0.3 is 21.5 Å². The molecule has 49 heavy (non-hydrogen) atoms. The Balaban J connectivity index is 1.53. The third kappa shape index (κ3) is 8.75. The van der Waals surface area contributed by atoms with Crippen molar-refractivity contribution in [2.24, 2.45) is 10.2 Å². The normalized spacial score (nSPS) is 11.5. The molecule has 5 rings (SSSR count). The van der Waals surface area contributed by atoms with Crippen LogP contribution in [0.25, 0.3) is 10.8 Å². The molecule has 9 N–H and O–H groups in total. The van der Waals surface area contributed by atoms with Crippen molar-refractivity contribution in [2.45, 2.75) is 14.7 Å². The Hall–Kier alpha value is -5.39. The summed E-state index contributed by atoms with van der Waals surface area (Å²) in [6.45, 7) is 0. The average Bonchev–Trinajstić information content (AvgIpc) is 3.06. The smallest absolute Gasteiger partial charge is 0.296 e. The van der Waals surface area contributed by atoms with Crippen LogP contribution in [0, 0.1) is 11.5 Å². The van der Waals surface area contributed by atoms with E-state index in [1.165, 1.54) is 30.3 Å². The van der Waals surface area contributed by atoms with Gasteiger partial charge in [0.15, 0.2) is 6.19 Å². The highest BCUT2D eigenvalue weighted by Gasteiger charge is 2.20. The number of nitrogens with two attached hydrogens (primary N) is 1. The number of nitrogens with one attached hydrogen (secondary N) is 3. The van der Waals surface area contributed by atoms with E-state index in [9.17, 15) is 18.1 Å². The maximum absolute atomic E-state index is 12.5. The quantitative estimate of drug-likeness (QED) is 0.00920. The van der Waals surface area contributed by atoms with Crippen molar-refractivity contribution in [2.75, 3.05) is 21.7 Å². The molecule has 0 aliphatic rings. The number of nitriles is 1. The summed E-state index contributed by atoms with van der Waals surface area (Å²) in [6.07, 6.45) is 1.71. The zero-order chi connectivity index (χ0) is 35.0. The Labute approximate surface area is 283 Å². The van der Waals surface area contributed by atoms with Crippen LogP contribution in [0.1, 0.15) is 0 Å². The molecule has 4 aromatic carbocycles. The molecule has 1 aromatic heterocycles. The number of anilines is 6. The number of nitrogen functional groups attached to an aromatic ring is 1. The Bertz CT molecular complexity index is 2170. The third-order valence-corrected chi connectivity index (χ3v) is 8.15. The van der Waals surface area contributed by atoms with Gasteiger partial charge in [0.2, 0.25) is 17.8 Å². The van der Waals surface area contributed by atoms with Gasteiger partial charge in [0.05, 0.1) is 40.1 Å². The van der Waals surface area contributed by atoms with Crippen LogP contribution < -0.4 is 21.7 Å². The standard InChI is InChI=1S/C26H20N10O10S3/c27-12-29-24-32-25(30-14-4-2-1-3-5-14)34-26(33-24)31-15-6-7-17(20(10-15)49(40,41)42)35-36-23-21-13(9-19(22(23)28)48-46-44-39)8-16(11-18(21)37)47-45-43-38/h1-11,37-39H,28H2,(H,40,41,42)(H3,29,30,31,32,33,34). The second-order valence-electron chi connectivity index (χ2n) is 9.15. The summed E-state index contributed by atoms with van der Waals surface area (Å²) in [5.74, 6) is -0.556. The van der Waals surface area contributed by atoms with E-state index in [1.54, 1.807) is 30.5 Å². The molecule has 0 aliphatic heterocycles. The second kappa shape index (κ2) is 15.7. The summed E-state index contributed by atoms with van der Waals surface area (Å²) in [6, 6.07) is 16.6. The molecule has 0 amide bonds. The third-order valence-electron chi connectivity index (χ3n) is 6.07. The molecule has 5 aromatic rings. The summed E-state index contributed by atoms with van der Waals surface area (Å²) in [7, 11) is -4.93. The van der Waals surface area contributed by atoms with Crippen LogP contribution in [-0.4, -0.2) is 43.5 Å². The lowest BCUT2D eigenvalue weighted by Crippen LogP contribution is -2.07. The number of phenolic OH excluding ortho intramolecular Hbond substituents is 1. The van der Waals surface area contributed by atoms with Gasteiger partial charge in [0.25, 0.3) is 10.1 Å². The van der Waals surface area contributed by atoms with Gasteiger partial charge in [-0.3, -0.25) is 9.87 Å². The van der Waals surface area contributed by atoms with Crippen molar-refractivity contribution in [1.29, 1.82) is 5.26 Å². The Morgan fingerprint density at radius 2 is 1.53 bits per heavy atom. The van der Waals surface area contributed by atoms with Gasteiger partial charge in [-0.15, -0.1) is 18.9 Å². The first kappa shape index (κ1) is 34.9. The first-order valence-corrected chi connectivity index (χ1v) is 15.9. The van der Waals surface area contributed by atoms with E-state index >= 15 is 0 Å². The molecule has 0 saturated heterocycles. The molecule has 0 spiro atoms. The van der Waals surface area contributed by atoms with Crippen molar-refractivity contribution in [1.82, 2.24) is 15.0 Å². The Morgan fingerprint density at radius 3 is 2.20 bits per heavy atom. The number of hydrogen-bond acceptors (Lipinski definition) is 21. The van der Waals surface area contributed by atoms with E-state index in [2.05, 4.69) is 59.9 Å². The van der Waals surface area contributed by atoms with Crippen molar-refractivity contribution in [3.8, 4) is 11.9 Å². The molecular formula is C26H20N10O10S3. The van der Waals surface area contributed by atoms with Crippen LogP contribution >= 0.6 is 24.1 Å². The minimum atomic E-state index is -4.93. The second-order valence-corrected chi connectivity index (χ2v) is 12.1. The van der Waals surface area contributed by atoms with Gasteiger partial charge in [0, 0.05) is 16.3 Å². The highest BCUT2D eigenvalue weighted by atomic mass is 32.2. The van der Waals surface area contributed by atoms with Crippen LogP contribution in [0.4, 0.5) is 46.3 Å². The molecule has 1 heterocycles. The molecule has 20 nitrogen and oxygen atoms in total. The van der Waals surface area contributed by atoms with Gasteiger partial charge in [0.1, 0.15) is 22.0 Å². The number of phenols is 1. The SMILES string of the molecule is N#CNc1nc(Nc2ccccc2)nc(Nc2ccc(N=Nc3c(N)c(SOOO)cc4cc(SOOO)cc(O)c34)c(S(=O)(=O)O)c2)n1. The van der Waals surface area contributed by atoms with Gasteiger partial charge >= 0.3 is 0 Å². The van der Waals surface area contributed by atoms with E-state index in [1.807, 2.05) is 6.07 Å². The number of hydrogen-bond donors (Lipinski definition) is 8. The van der Waals surface area contributed by atoms with Gasteiger partial charge in [-0.2, -0.15) is 28.6 Å². The van der Waals surface area contributed by atoms with E-state index in [0.717, 1.165) is 6.07 Å². The maximum Gasteiger partial charge on any atom is 0.296 e. The van der Waals surface area contributed by atoms with Crippen molar-refractivity contribution >= 4 is 91.3 Å². The molecule has 0 aliphatic carbocycles. The number of rotatable bonds is 14. The molecule has 23 heteroatoms. The number of para-hydroxylation sites is 1. The van der Waals surface area contributed by atoms with E-state index in [-0.39, 0.29) is 66.9 Å². The zero-order valence-electron chi connectivity index (χ0n) is 24.1. The average molecular weight is 729 g/mol. The monoisotopic (exact) mass is 728 g/mol. The number of aromatic hydroxyl groups is 1. The van der Waals surface area contributed by atoms with Gasteiger partial charge in [-0.25, -0.2) is 10.5 Å². The van der Waals surface area contributed by atoms with Gasteiger partial charge in [-0.05, 0) is 53.9 Å². The lowest BCUT2D eigenvalue weighted by Gasteiger charge is -2.13. The van der Waals surface area contributed by atoms with Crippen LogP contribution in [0.3, 0.4) is 0 Å². The number of nitrogens with zero attached hydrogens (tertiary/aromatic N) is 6. The van der Waals surface area contributed by atoms with Crippen LogP contribution in [0.2, 0.25) is 0 Å². The molecule has 252 valence electrons. The predicted molar refractivity (Wildman–Crippen MR) is 174 cm³/mol. The predicted octanol–water partition coefficient (Wildman–Crippen LogP) is 6.21. The highest BCUT2D eigenvalue weighted by molar-refractivity contribution is 7.95. The summed E-state index contributed by atoms with van der Waals surface area (Å²) >= 11 is 1.02. The fraction of sp³-hybridized carbons (Fsp3) is 0. The van der Waals surface area contributed by atoms with E-state index in [4.69, 9.17) is 21.5 Å². The van der Waals surface area contributed by atoms with Crippen LogP contribution in [-0.2, 0) is 28.9 Å². The van der Waals surface area contributed by atoms with Crippen LogP contribution in [0.15, 0.2) is 91.6 Å². The fourth-order valence-corrected chi connectivity index (χ4v) is 5.71. The maximum atomic E-state index is 12.5. The molecule has 0 fully saturated rings. The topological polar surface area (TPSA) is 301 Å². The first-order chi connectivity index (χ1) is 23.6. The van der Waals surface area contributed by atoms with Crippen molar-refractivity contribution in [3.05, 3.63) is 66.7 Å². The Morgan fingerprint density at radius 1 is 0.857 bits per heavy atom. The van der Waals surface area contributed by atoms with Gasteiger partial charge in [-0.1, -0.05) is 28.3 Å². The summed E-state index contributed by atoms with van der Waals surface area (Å²) < 4.78 is 43.9. The van der Waals surface area contributed by atoms with Crippen molar-refractivity contribution in [3.63, 3.8) is 0 Å². The summed E-state index contributed by atoms with van der Waals surface area (Å²) in [5, 5.41) is 60.7. The molecule has 0 unspecified atom stereocenters. The minimum Gasteiger partial charge on any atom is -0.507 e. The fourth-order valence-electron chi connectivity index (χ4n) is 4.15. The highest BCUT2D eigenvalue weighted by Crippen LogP contribution is 2.46. The Kier molecular flexibility index (Phi) is 11.2. The number of benzene rings is 4. The molecular weight excluding hydrogens is 709 g/mol. The van der Waals surface area contributed by atoms with Crippen molar-refractivity contribution < 1.29 is 47.3 Å². The summed E-state index contributed by atoms with van der Waals surface area (Å²) in [4.78, 5) is 12.1. The largest absolute Gasteiger partial charge is 0.507 e. The summed E-state index contributed by atoms with van der Waals surface area (Å²) in [5.41, 5.74) is 6.32. The first-order valence-electron chi connectivity index (χ1n) is 13.0. The number of fused-ring (bicyclic) bond motifs is 1. The molecule has 0 bridgehead atoms. The molecule has 0 saturated carbocycles. The number of azo groups is 1. The van der Waals surface area contributed by atoms with Crippen LogP contribution in [0.5, 0.6) is 5.75 Å². The number of aromatic nitrogens is 3. The van der Waals surface area contributed by atoms with E-state index in [0.29, 0.717) is 29.8 Å². The molecule has 0 radical (unpaired) electrons. The lowest BCUT2D eigenvalue weighted by molar-refractivity contribution is -0.432. The molecule has 0 atom stereocenters. The zero-order valence-corrected chi connectivity index (χ0v) is 26.5. The lowest BCUT2D eigenvalue weighted by atomic mass is 10.1. The minimum absolute atomic E-state index is 0.0475. The van der Waals surface area contributed by atoms with E-state index < -0.39 is 15.0 Å².